The molecule has 1 aliphatic carbocycles. The second kappa shape index (κ2) is 6.17. The average molecular weight is 286 g/mol. The molecule has 0 aromatic heterocycles. The zero-order valence-electron chi connectivity index (χ0n) is 12.6. The van der Waals surface area contributed by atoms with Crippen LogP contribution in [0.3, 0.4) is 0 Å². The van der Waals surface area contributed by atoms with Crippen LogP contribution in [0.4, 0.5) is 5.69 Å². The van der Waals surface area contributed by atoms with Gasteiger partial charge in [-0.1, -0.05) is 13.3 Å². The fourth-order valence-electron chi connectivity index (χ4n) is 3.11. The van der Waals surface area contributed by atoms with Crippen molar-refractivity contribution >= 4 is 11.7 Å². The summed E-state index contributed by atoms with van der Waals surface area (Å²) in [5, 5.41) is 21.8. The third-order valence-corrected chi connectivity index (χ3v) is 4.68. The smallest absolute Gasteiger partial charge is 0.329 e. The lowest BCUT2D eigenvalue weighted by Gasteiger charge is -2.38. The first-order chi connectivity index (χ1) is 10.0. The van der Waals surface area contributed by atoms with E-state index in [1.807, 2.05) is 13.0 Å². The molecule has 0 atom stereocenters. The first-order valence-corrected chi connectivity index (χ1v) is 7.53. The summed E-state index contributed by atoms with van der Waals surface area (Å²) in [6, 6.07) is 7.52. The predicted molar refractivity (Wildman–Crippen MR) is 82.1 cm³/mol. The summed E-state index contributed by atoms with van der Waals surface area (Å²) in [6.07, 6.45) is 4.32. The number of aryl methyl sites for hydroxylation is 1. The van der Waals surface area contributed by atoms with Crippen LogP contribution >= 0.6 is 0 Å². The zero-order valence-corrected chi connectivity index (χ0v) is 12.6. The highest BCUT2D eigenvalue weighted by Gasteiger charge is 2.41. The van der Waals surface area contributed by atoms with Crippen molar-refractivity contribution in [2.45, 2.75) is 51.5 Å². The highest BCUT2D eigenvalue weighted by atomic mass is 16.4. The highest BCUT2D eigenvalue weighted by molar-refractivity contribution is 5.83. The Morgan fingerprint density at radius 1 is 1.48 bits per heavy atom. The van der Waals surface area contributed by atoms with E-state index in [-0.39, 0.29) is 0 Å². The molecule has 0 saturated heterocycles. The number of anilines is 1. The first-order valence-electron chi connectivity index (χ1n) is 7.53. The molecule has 1 aromatic rings. The fourth-order valence-corrected chi connectivity index (χ4v) is 3.11. The van der Waals surface area contributed by atoms with Gasteiger partial charge in [-0.3, -0.25) is 0 Å². The quantitative estimate of drug-likeness (QED) is 0.885. The maximum Gasteiger partial charge on any atom is 0.329 e. The van der Waals surface area contributed by atoms with Crippen molar-refractivity contribution in [1.29, 1.82) is 5.26 Å². The van der Waals surface area contributed by atoms with Crippen LogP contribution in [0.15, 0.2) is 18.2 Å². The first kappa shape index (κ1) is 15.4. The number of nitrogens with zero attached hydrogens (tertiary/aromatic N) is 1. The number of benzene rings is 1. The number of hydrogen-bond acceptors (Lipinski definition) is 3. The molecule has 1 fully saturated rings. The molecular formula is C17H22N2O2. The van der Waals surface area contributed by atoms with E-state index in [9.17, 15) is 9.90 Å². The molecule has 1 aromatic carbocycles. The molecule has 4 nitrogen and oxygen atoms in total. The summed E-state index contributed by atoms with van der Waals surface area (Å²) >= 11 is 0. The van der Waals surface area contributed by atoms with Crippen LogP contribution in [0.2, 0.25) is 0 Å². The molecular weight excluding hydrogens is 264 g/mol. The Hall–Kier alpha value is -2.02. The van der Waals surface area contributed by atoms with Gasteiger partial charge < -0.3 is 10.4 Å². The summed E-state index contributed by atoms with van der Waals surface area (Å²) in [7, 11) is 0. The lowest BCUT2D eigenvalue weighted by atomic mass is 9.75. The third kappa shape index (κ3) is 3.18. The second-order valence-corrected chi connectivity index (χ2v) is 6.01. The Kier molecular flexibility index (Phi) is 4.52. The van der Waals surface area contributed by atoms with E-state index >= 15 is 0 Å². The maximum atomic E-state index is 11.8. The minimum absolute atomic E-state index is 0.625. The van der Waals surface area contributed by atoms with Gasteiger partial charge in [0.2, 0.25) is 0 Å². The SMILES string of the molecule is CCC1CCC(Nc2ccc(C#N)c(C)c2)(C(=O)O)CC1. The van der Waals surface area contributed by atoms with Crippen LogP contribution in [0.25, 0.3) is 0 Å². The van der Waals surface area contributed by atoms with E-state index in [2.05, 4.69) is 18.3 Å². The molecule has 1 aliphatic rings. The van der Waals surface area contributed by atoms with Crippen molar-refractivity contribution in [2.24, 2.45) is 5.92 Å². The van der Waals surface area contributed by atoms with Crippen molar-refractivity contribution in [1.82, 2.24) is 0 Å². The van der Waals surface area contributed by atoms with Gasteiger partial charge in [0.05, 0.1) is 11.6 Å². The Morgan fingerprint density at radius 3 is 2.62 bits per heavy atom. The van der Waals surface area contributed by atoms with Gasteiger partial charge in [0.25, 0.3) is 0 Å². The van der Waals surface area contributed by atoms with E-state index in [1.165, 1.54) is 0 Å². The number of carbonyl (C=O) groups is 1. The normalized spacial score (nSPS) is 25.1. The van der Waals surface area contributed by atoms with Crippen LogP contribution in [0, 0.1) is 24.2 Å². The van der Waals surface area contributed by atoms with Crippen LogP contribution in [0.1, 0.15) is 50.2 Å². The summed E-state index contributed by atoms with van der Waals surface area (Å²) in [5.41, 5.74) is 1.40. The Balaban J connectivity index is 2.20. The van der Waals surface area contributed by atoms with Crippen molar-refractivity contribution in [2.75, 3.05) is 5.32 Å². The fraction of sp³-hybridized carbons (Fsp3) is 0.529. The lowest BCUT2D eigenvalue weighted by molar-refractivity contribution is -0.143. The monoisotopic (exact) mass is 286 g/mol. The standard InChI is InChI=1S/C17H22N2O2/c1-3-13-6-8-17(9-7-13,16(20)21)19-15-5-4-14(11-18)12(2)10-15/h4-5,10,13,19H,3,6-9H2,1-2H3,(H,20,21). The van der Waals surface area contributed by atoms with Gasteiger partial charge in [0.1, 0.15) is 5.54 Å². The lowest BCUT2D eigenvalue weighted by Crippen LogP contribution is -2.49. The van der Waals surface area contributed by atoms with Crippen LogP contribution in [0.5, 0.6) is 0 Å². The number of hydrogen-bond donors (Lipinski definition) is 2. The molecule has 0 bridgehead atoms. The number of rotatable bonds is 4. The predicted octanol–water partition coefficient (Wildman–Crippen LogP) is 3.70. The number of nitrogens with one attached hydrogen (secondary N) is 1. The zero-order chi connectivity index (χ0) is 15.5. The number of aliphatic carboxylic acids is 1. The van der Waals surface area contributed by atoms with E-state index in [0.717, 1.165) is 30.5 Å². The molecule has 21 heavy (non-hydrogen) atoms. The van der Waals surface area contributed by atoms with E-state index < -0.39 is 11.5 Å². The highest BCUT2D eigenvalue weighted by Crippen LogP contribution is 2.36. The molecule has 0 unspecified atom stereocenters. The summed E-state index contributed by atoms with van der Waals surface area (Å²) in [5.74, 6) is -0.138. The molecule has 0 heterocycles. The third-order valence-electron chi connectivity index (χ3n) is 4.68. The van der Waals surface area contributed by atoms with Gasteiger partial charge in [-0.25, -0.2) is 4.79 Å². The summed E-state index contributed by atoms with van der Waals surface area (Å²) in [6.45, 7) is 4.03. The molecule has 4 heteroatoms. The van der Waals surface area contributed by atoms with Crippen LogP contribution < -0.4 is 5.32 Å². The summed E-state index contributed by atoms with van der Waals surface area (Å²) < 4.78 is 0. The van der Waals surface area contributed by atoms with E-state index in [0.29, 0.717) is 24.3 Å². The maximum absolute atomic E-state index is 11.8. The Bertz CT molecular complexity index is 567. The minimum Gasteiger partial charge on any atom is -0.480 e. The molecule has 0 spiro atoms. The van der Waals surface area contributed by atoms with Crippen molar-refractivity contribution in [3.05, 3.63) is 29.3 Å². The Labute approximate surface area is 125 Å². The Morgan fingerprint density at radius 2 is 2.14 bits per heavy atom. The van der Waals surface area contributed by atoms with Crippen LogP contribution in [-0.2, 0) is 4.79 Å². The topological polar surface area (TPSA) is 73.1 Å². The molecule has 0 amide bonds. The van der Waals surface area contributed by atoms with Crippen molar-refractivity contribution in [3.63, 3.8) is 0 Å². The minimum atomic E-state index is -0.869. The van der Waals surface area contributed by atoms with Gasteiger partial charge in [-0.05, 0) is 62.3 Å². The van der Waals surface area contributed by atoms with Gasteiger partial charge in [0, 0.05) is 5.69 Å². The molecule has 0 radical (unpaired) electrons. The molecule has 1 saturated carbocycles. The van der Waals surface area contributed by atoms with Crippen molar-refractivity contribution < 1.29 is 9.90 Å². The van der Waals surface area contributed by atoms with E-state index in [1.54, 1.807) is 12.1 Å². The molecule has 112 valence electrons. The molecule has 2 rings (SSSR count). The van der Waals surface area contributed by atoms with Crippen molar-refractivity contribution in [3.8, 4) is 6.07 Å². The van der Waals surface area contributed by atoms with E-state index in [4.69, 9.17) is 5.26 Å². The summed E-state index contributed by atoms with van der Waals surface area (Å²) in [4.78, 5) is 11.8. The van der Waals surface area contributed by atoms with Gasteiger partial charge >= 0.3 is 5.97 Å². The number of carboxylic acid groups (broad SMARTS) is 1. The van der Waals surface area contributed by atoms with Gasteiger partial charge in [0.15, 0.2) is 0 Å². The van der Waals surface area contributed by atoms with Gasteiger partial charge in [-0.15, -0.1) is 0 Å². The average Bonchev–Trinajstić information content (AvgIpc) is 2.48. The number of carboxylic acids is 1. The van der Waals surface area contributed by atoms with Gasteiger partial charge in [-0.2, -0.15) is 5.26 Å². The largest absolute Gasteiger partial charge is 0.480 e. The number of nitriles is 1. The molecule has 2 N–H and O–H groups in total. The molecule has 0 aliphatic heterocycles. The second-order valence-electron chi connectivity index (χ2n) is 6.01. The van der Waals surface area contributed by atoms with Crippen LogP contribution in [-0.4, -0.2) is 16.6 Å².